The third-order valence-corrected chi connectivity index (χ3v) is 6.97. The number of rotatable bonds is 12. The summed E-state index contributed by atoms with van der Waals surface area (Å²) in [5, 5.41) is 7.71. The molecule has 2 N–H and O–H groups in total. The van der Waals surface area contributed by atoms with Crippen molar-refractivity contribution in [2.45, 2.75) is 58.0 Å². The Morgan fingerprint density at radius 1 is 1.15 bits per heavy atom. The molecule has 1 heterocycles. The molecule has 34 heavy (non-hydrogen) atoms. The van der Waals surface area contributed by atoms with Crippen molar-refractivity contribution in [3.05, 3.63) is 57.8 Å². The van der Waals surface area contributed by atoms with Gasteiger partial charge in [0.2, 0.25) is 11.8 Å². The van der Waals surface area contributed by atoms with E-state index in [0.29, 0.717) is 31.1 Å². The molecule has 3 rings (SSSR count). The Hall–Kier alpha value is -2.71. The minimum atomic E-state index is -0.769. The van der Waals surface area contributed by atoms with E-state index in [1.54, 1.807) is 17.0 Å². The van der Waals surface area contributed by atoms with Gasteiger partial charge in [-0.3, -0.25) is 14.4 Å². The van der Waals surface area contributed by atoms with Crippen LogP contribution in [0.2, 0.25) is 0 Å². The van der Waals surface area contributed by atoms with Crippen LogP contribution in [-0.2, 0) is 14.3 Å². The molecule has 1 aromatic heterocycles. The number of carbonyl (C=O) groups is 3. The fraction of sp³-hybridized carbons (Fsp3) is 0.500. The monoisotopic (exact) mass is 485 g/mol. The summed E-state index contributed by atoms with van der Waals surface area (Å²) in [5.74, 6) is -0.757. The molecule has 7 nitrogen and oxygen atoms in total. The summed E-state index contributed by atoms with van der Waals surface area (Å²) in [4.78, 5) is 41.6. The highest BCUT2D eigenvalue weighted by atomic mass is 32.1. The van der Waals surface area contributed by atoms with E-state index in [1.807, 2.05) is 43.5 Å². The number of carbonyl (C=O) groups excluding carboxylic acids is 3. The molecule has 1 atom stereocenters. The number of hydrogen-bond acceptors (Lipinski definition) is 5. The van der Waals surface area contributed by atoms with Crippen LogP contribution in [0.4, 0.5) is 0 Å². The number of nitrogens with zero attached hydrogens (tertiary/aromatic N) is 1. The standard InChI is InChI=1S/C26H35N3O4S/c1-3-33-16-9-15-29(23(30)18-27-25(31)22-14-8-17-34-22)24(21-13-7-4-10-19(21)2)26(32)28-20-11-5-6-12-20/h4,7-8,10,13-14,17,20,24H,3,5-6,9,11-12,15-16,18H2,1-2H3,(H,27,31)(H,28,32)/t24-/m1/s1. The van der Waals surface area contributed by atoms with Gasteiger partial charge in [-0.25, -0.2) is 0 Å². The number of amides is 3. The summed E-state index contributed by atoms with van der Waals surface area (Å²) in [6.07, 6.45) is 4.72. The molecule has 0 saturated heterocycles. The lowest BCUT2D eigenvalue weighted by Crippen LogP contribution is -2.49. The van der Waals surface area contributed by atoms with Crippen LogP contribution in [0.15, 0.2) is 41.8 Å². The normalized spacial score (nSPS) is 14.5. The van der Waals surface area contributed by atoms with Crippen molar-refractivity contribution in [2.75, 3.05) is 26.3 Å². The topological polar surface area (TPSA) is 87.7 Å². The average molecular weight is 486 g/mol. The molecule has 0 bridgehead atoms. The first kappa shape index (κ1) is 25.9. The second kappa shape index (κ2) is 13.2. The first-order chi connectivity index (χ1) is 16.5. The SMILES string of the molecule is CCOCCCN(C(=O)CNC(=O)c1cccs1)[C@@H](C(=O)NC1CCCC1)c1ccccc1C. The van der Waals surface area contributed by atoms with Crippen LogP contribution in [0, 0.1) is 6.92 Å². The lowest BCUT2D eigenvalue weighted by atomic mass is 9.98. The van der Waals surface area contributed by atoms with Crippen molar-refractivity contribution in [3.63, 3.8) is 0 Å². The Morgan fingerprint density at radius 3 is 2.59 bits per heavy atom. The molecule has 0 spiro atoms. The van der Waals surface area contributed by atoms with Gasteiger partial charge in [-0.2, -0.15) is 0 Å². The van der Waals surface area contributed by atoms with Crippen LogP contribution < -0.4 is 10.6 Å². The Bertz CT molecular complexity index is 941. The van der Waals surface area contributed by atoms with Crippen LogP contribution in [-0.4, -0.2) is 55.0 Å². The van der Waals surface area contributed by atoms with Crippen molar-refractivity contribution < 1.29 is 19.1 Å². The average Bonchev–Trinajstić information content (AvgIpc) is 3.55. The third kappa shape index (κ3) is 7.14. The summed E-state index contributed by atoms with van der Waals surface area (Å²) >= 11 is 1.32. The van der Waals surface area contributed by atoms with E-state index >= 15 is 0 Å². The maximum absolute atomic E-state index is 13.6. The van der Waals surface area contributed by atoms with Crippen LogP contribution >= 0.6 is 11.3 Å². The zero-order valence-corrected chi connectivity index (χ0v) is 20.9. The molecule has 1 aromatic carbocycles. The molecule has 184 valence electrons. The maximum atomic E-state index is 13.6. The van der Waals surface area contributed by atoms with Crippen LogP contribution in [0.3, 0.4) is 0 Å². The second-order valence-electron chi connectivity index (χ2n) is 8.55. The summed E-state index contributed by atoms with van der Waals surface area (Å²) in [7, 11) is 0. The van der Waals surface area contributed by atoms with Gasteiger partial charge in [0, 0.05) is 25.8 Å². The number of hydrogen-bond donors (Lipinski definition) is 2. The van der Waals surface area contributed by atoms with Gasteiger partial charge in [-0.1, -0.05) is 43.2 Å². The Morgan fingerprint density at radius 2 is 1.91 bits per heavy atom. The summed E-state index contributed by atoms with van der Waals surface area (Å²) in [6.45, 7) is 5.14. The number of benzene rings is 1. The van der Waals surface area contributed by atoms with Crippen LogP contribution in [0.1, 0.15) is 65.9 Å². The minimum Gasteiger partial charge on any atom is -0.382 e. The molecule has 1 aliphatic carbocycles. The van der Waals surface area contributed by atoms with Crippen molar-refractivity contribution in [2.24, 2.45) is 0 Å². The predicted octanol–water partition coefficient (Wildman–Crippen LogP) is 3.84. The Kier molecular flexibility index (Phi) is 10.1. The molecular formula is C26H35N3O4S. The second-order valence-corrected chi connectivity index (χ2v) is 9.49. The summed E-state index contributed by atoms with van der Waals surface area (Å²) in [5.41, 5.74) is 1.74. The summed E-state index contributed by atoms with van der Waals surface area (Å²) < 4.78 is 5.48. The zero-order chi connectivity index (χ0) is 24.3. The van der Waals surface area contributed by atoms with Gasteiger partial charge in [0.05, 0.1) is 11.4 Å². The first-order valence-electron chi connectivity index (χ1n) is 12.1. The zero-order valence-electron chi connectivity index (χ0n) is 20.0. The molecule has 0 aliphatic heterocycles. The molecule has 1 saturated carbocycles. The van der Waals surface area contributed by atoms with Crippen LogP contribution in [0.25, 0.3) is 0 Å². The highest BCUT2D eigenvalue weighted by molar-refractivity contribution is 7.12. The van der Waals surface area contributed by atoms with Crippen molar-refractivity contribution in [1.82, 2.24) is 15.5 Å². The molecule has 2 aromatic rings. The molecular weight excluding hydrogens is 450 g/mol. The molecule has 0 unspecified atom stereocenters. The molecule has 8 heteroatoms. The van der Waals surface area contributed by atoms with Gasteiger partial charge in [0.15, 0.2) is 0 Å². The molecule has 1 fully saturated rings. The fourth-order valence-corrected chi connectivity index (χ4v) is 4.97. The van der Waals surface area contributed by atoms with Gasteiger partial charge >= 0.3 is 0 Å². The lowest BCUT2D eigenvalue weighted by molar-refractivity contribution is -0.140. The van der Waals surface area contributed by atoms with Crippen molar-refractivity contribution in [1.29, 1.82) is 0 Å². The predicted molar refractivity (Wildman–Crippen MR) is 134 cm³/mol. The smallest absolute Gasteiger partial charge is 0.261 e. The fourth-order valence-electron chi connectivity index (χ4n) is 4.33. The third-order valence-electron chi connectivity index (χ3n) is 6.10. The van der Waals surface area contributed by atoms with Gasteiger partial charge in [0.25, 0.3) is 5.91 Å². The summed E-state index contributed by atoms with van der Waals surface area (Å²) in [6, 6.07) is 10.5. The van der Waals surface area contributed by atoms with Crippen molar-refractivity contribution >= 4 is 29.1 Å². The maximum Gasteiger partial charge on any atom is 0.261 e. The highest BCUT2D eigenvalue weighted by Crippen LogP contribution is 2.27. The van der Waals surface area contributed by atoms with Gasteiger partial charge < -0.3 is 20.3 Å². The van der Waals surface area contributed by atoms with Crippen molar-refractivity contribution in [3.8, 4) is 0 Å². The van der Waals surface area contributed by atoms with Gasteiger partial charge in [-0.05, 0) is 55.7 Å². The minimum absolute atomic E-state index is 0.137. The first-order valence-corrected chi connectivity index (χ1v) is 12.9. The van der Waals surface area contributed by atoms with E-state index < -0.39 is 6.04 Å². The van der Waals surface area contributed by atoms with E-state index in [4.69, 9.17) is 4.74 Å². The number of ether oxygens (including phenoxy) is 1. The largest absolute Gasteiger partial charge is 0.382 e. The van der Waals surface area contributed by atoms with E-state index in [0.717, 1.165) is 36.8 Å². The lowest BCUT2D eigenvalue weighted by Gasteiger charge is -2.33. The Balaban J connectivity index is 1.83. The molecule has 0 radical (unpaired) electrons. The van der Waals surface area contributed by atoms with E-state index in [9.17, 15) is 14.4 Å². The van der Waals surface area contributed by atoms with E-state index in [-0.39, 0.29) is 30.3 Å². The number of nitrogens with one attached hydrogen (secondary N) is 2. The Labute approximate surface area is 205 Å². The highest BCUT2D eigenvalue weighted by Gasteiger charge is 2.33. The van der Waals surface area contributed by atoms with Gasteiger partial charge in [-0.15, -0.1) is 11.3 Å². The molecule has 3 amide bonds. The molecule has 1 aliphatic rings. The van der Waals surface area contributed by atoms with Crippen LogP contribution in [0.5, 0.6) is 0 Å². The van der Waals surface area contributed by atoms with Gasteiger partial charge in [0.1, 0.15) is 6.04 Å². The number of aryl methyl sites for hydroxylation is 1. The van der Waals surface area contributed by atoms with E-state index in [1.165, 1.54) is 11.3 Å². The quantitative estimate of drug-likeness (QED) is 0.447. The number of thiophene rings is 1. The van der Waals surface area contributed by atoms with E-state index in [2.05, 4.69) is 10.6 Å².